The Morgan fingerprint density at radius 2 is 1.69 bits per heavy atom. The second kappa shape index (κ2) is 3.93. The van der Waals surface area contributed by atoms with Crippen LogP contribution >= 0.6 is 0 Å². The van der Waals surface area contributed by atoms with Crippen LogP contribution in [0.3, 0.4) is 0 Å². The molecule has 0 saturated carbocycles. The van der Waals surface area contributed by atoms with E-state index in [1.807, 2.05) is 18.2 Å². The van der Waals surface area contributed by atoms with E-state index in [0.717, 1.165) is 0 Å². The molecule has 0 aliphatic carbocycles. The monoisotopic (exact) mass is 177 g/mol. The van der Waals surface area contributed by atoms with Crippen LogP contribution in [0.2, 0.25) is 0 Å². The van der Waals surface area contributed by atoms with Crippen LogP contribution in [0.5, 0.6) is 0 Å². The predicted molar refractivity (Wildman–Crippen MR) is 55.1 cm³/mol. The average molecular weight is 177 g/mol. The molecule has 1 nitrogen and oxygen atoms in total. The first-order valence-electron chi connectivity index (χ1n) is 4.51. The molecule has 0 bridgehead atoms. The smallest absolute Gasteiger partial charge is 0.0874 e. The van der Waals surface area contributed by atoms with Crippen molar-refractivity contribution in [2.45, 2.75) is 26.9 Å². The van der Waals surface area contributed by atoms with E-state index in [1.54, 1.807) is 0 Å². The first kappa shape index (κ1) is 10.3. The number of benzene rings is 1. The van der Waals surface area contributed by atoms with Crippen molar-refractivity contribution < 1.29 is 4.74 Å². The zero-order valence-electron chi connectivity index (χ0n) is 8.58. The van der Waals surface area contributed by atoms with E-state index in [2.05, 4.69) is 40.0 Å². The van der Waals surface area contributed by atoms with E-state index in [0.29, 0.717) is 0 Å². The third-order valence-corrected chi connectivity index (χ3v) is 2.06. The molecule has 0 N–H and O–H groups in total. The fourth-order valence-corrected chi connectivity index (χ4v) is 1.47. The minimum Gasteiger partial charge on any atom is -0.371 e. The Bertz CT molecular complexity index is 246. The number of rotatable bonds is 2. The molecule has 0 spiro atoms. The van der Waals surface area contributed by atoms with Gasteiger partial charge < -0.3 is 4.74 Å². The van der Waals surface area contributed by atoms with E-state index in [1.165, 1.54) is 5.56 Å². The van der Waals surface area contributed by atoms with Crippen molar-refractivity contribution in [2.24, 2.45) is 5.41 Å². The molecule has 71 valence electrons. The highest BCUT2D eigenvalue weighted by atomic mass is 16.5. The average Bonchev–Trinajstić information content (AvgIpc) is 2.05. The van der Waals surface area contributed by atoms with Gasteiger partial charge in [0.2, 0.25) is 0 Å². The first-order chi connectivity index (χ1) is 6.05. The van der Waals surface area contributed by atoms with Gasteiger partial charge in [-0.05, 0) is 11.0 Å². The standard InChI is InChI=1S/C12H17O/c1-12(2,3)11(13-4)10-8-6-5-7-9-10/h5-9,11H,4H2,1-3H3. The Hall–Kier alpha value is -0.820. The van der Waals surface area contributed by atoms with Crippen LogP contribution in [0.4, 0.5) is 0 Å². The maximum Gasteiger partial charge on any atom is 0.0874 e. The summed E-state index contributed by atoms with van der Waals surface area (Å²) >= 11 is 0. The highest BCUT2D eigenvalue weighted by molar-refractivity contribution is 5.19. The third-order valence-electron chi connectivity index (χ3n) is 2.06. The van der Waals surface area contributed by atoms with Crippen LogP contribution in [-0.2, 0) is 4.74 Å². The normalized spacial score (nSPS) is 14.2. The molecule has 0 amide bonds. The lowest BCUT2D eigenvalue weighted by Crippen LogP contribution is -2.19. The molecule has 0 saturated heterocycles. The third kappa shape index (κ3) is 2.56. The second-order valence-corrected chi connectivity index (χ2v) is 4.32. The molecule has 1 rings (SSSR count). The Morgan fingerprint density at radius 3 is 2.08 bits per heavy atom. The van der Waals surface area contributed by atoms with Crippen molar-refractivity contribution in [3.05, 3.63) is 43.0 Å². The molecule has 0 aliphatic rings. The van der Waals surface area contributed by atoms with Gasteiger partial charge >= 0.3 is 0 Å². The van der Waals surface area contributed by atoms with E-state index in [4.69, 9.17) is 4.74 Å². The van der Waals surface area contributed by atoms with Crippen molar-refractivity contribution in [1.29, 1.82) is 0 Å². The lowest BCUT2D eigenvalue weighted by atomic mass is 9.85. The fourth-order valence-electron chi connectivity index (χ4n) is 1.47. The van der Waals surface area contributed by atoms with Crippen LogP contribution in [0.15, 0.2) is 30.3 Å². The van der Waals surface area contributed by atoms with E-state index in [9.17, 15) is 0 Å². The molecule has 1 aromatic rings. The Balaban J connectivity index is 2.92. The topological polar surface area (TPSA) is 9.23 Å². The lowest BCUT2D eigenvalue weighted by molar-refractivity contribution is 0.0402. The summed E-state index contributed by atoms with van der Waals surface area (Å²) in [6, 6.07) is 10.2. The molecule has 0 fully saturated rings. The van der Waals surface area contributed by atoms with Gasteiger partial charge in [-0.25, -0.2) is 0 Å². The molecule has 0 heterocycles. The maximum absolute atomic E-state index is 5.25. The van der Waals surface area contributed by atoms with E-state index >= 15 is 0 Å². The summed E-state index contributed by atoms with van der Waals surface area (Å²) in [5.74, 6) is 0. The number of hydrogen-bond donors (Lipinski definition) is 0. The predicted octanol–water partition coefficient (Wildman–Crippen LogP) is 3.58. The molecule has 0 aromatic heterocycles. The zero-order chi connectivity index (χ0) is 9.90. The van der Waals surface area contributed by atoms with Gasteiger partial charge in [-0.2, -0.15) is 0 Å². The Morgan fingerprint density at radius 1 is 1.15 bits per heavy atom. The number of ether oxygens (including phenoxy) is 1. The largest absolute Gasteiger partial charge is 0.371 e. The van der Waals surface area contributed by atoms with E-state index < -0.39 is 0 Å². The maximum atomic E-state index is 5.25. The molecule has 1 unspecified atom stereocenters. The van der Waals surface area contributed by atoms with Gasteiger partial charge in [-0.1, -0.05) is 51.1 Å². The van der Waals surface area contributed by atoms with Crippen LogP contribution in [0.1, 0.15) is 32.4 Å². The van der Waals surface area contributed by atoms with Crippen LogP contribution in [0.25, 0.3) is 0 Å². The van der Waals surface area contributed by atoms with Gasteiger partial charge in [-0.15, -0.1) is 0 Å². The van der Waals surface area contributed by atoms with Gasteiger partial charge in [-0.3, -0.25) is 0 Å². The van der Waals surface area contributed by atoms with Crippen molar-refractivity contribution in [1.82, 2.24) is 0 Å². The summed E-state index contributed by atoms with van der Waals surface area (Å²) in [5.41, 5.74) is 1.27. The van der Waals surface area contributed by atoms with Crippen LogP contribution in [0, 0.1) is 12.5 Å². The second-order valence-electron chi connectivity index (χ2n) is 4.32. The molecule has 1 radical (unpaired) electrons. The molecular formula is C12H17O. The highest BCUT2D eigenvalue weighted by Crippen LogP contribution is 2.35. The summed E-state index contributed by atoms with van der Waals surface area (Å²) in [6.45, 7) is 6.45. The summed E-state index contributed by atoms with van der Waals surface area (Å²) in [6.07, 6.45) is 0.0636. The SMILES string of the molecule is [CH2]OC(c1ccccc1)C(C)(C)C. The molecule has 0 aliphatic heterocycles. The van der Waals surface area contributed by atoms with Gasteiger partial charge in [0, 0.05) is 0 Å². The zero-order valence-corrected chi connectivity index (χ0v) is 8.58. The minimum atomic E-state index is 0.0636. The molecule has 1 atom stereocenters. The van der Waals surface area contributed by atoms with Crippen LogP contribution < -0.4 is 0 Å². The highest BCUT2D eigenvalue weighted by Gasteiger charge is 2.25. The minimum absolute atomic E-state index is 0.0636. The van der Waals surface area contributed by atoms with Gasteiger partial charge in [0.15, 0.2) is 0 Å². The summed E-state index contributed by atoms with van der Waals surface area (Å²) in [7, 11) is 3.53. The molecule has 13 heavy (non-hydrogen) atoms. The lowest BCUT2D eigenvalue weighted by Gasteiger charge is -2.29. The van der Waals surface area contributed by atoms with Crippen LogP contribution in [-0.4, -0.2) is 0 Å². The Kier molecular flexibility index (Phi) is 3.10. The molecular weight excluding hydrogens is 160 g/mol. The van der Waals surface area contributed by atoms with Gasteiger partial charge in [0.25, 0.3) is 0 Å². The summed E-state index contributed by atoms with van der Waals surface area (Å²) < 4.78 is 5.25. The van der Waals surface area contributed by atoms with Gasteiger partial charge in [0.1, 0.15) is 0 Å². The number of hydrogen-bond acceptors (Lipinski definition) is 1. The summed E-state index contributed by atoms with van der Waals surface area (Å²) in [5, 5.41) is 0. The first-order valence-corrected chi connectivity index (χ1v) is 4.51. The van der Waals surface area contributed by atoms with Crippen molar-refractivity contribution in [3.63, 3.8) is 0 Å². The fraction of sp³-hybridized carbons (Fsp3) is 0.417. The van der Waals surface area contributed by atoms with Crippen molar-refractivity contribution in [2.75, 3.05) is 0 Å². The Labute approximate surface area is 80.7 Å². The molecule has 1 heteroatoms. The quantitative estimate of drug-likeness (QED) is 0.671. The van der Waals surface area contributed by atoms with Crippen molar-refractivity contribution >= 4 is 0 Å². The van der Waals surface area contributed by atoms with Gasteiger partial charge in [0.05, 0.1) is 13.2 Å². The van der Waals surface area contributed by atoms with Crippen molar-refractivity contribution in [3.8, 4) is 0 Å². The van der Waals surface area contributed by atoms with E-state index in [-0.39, 0.29) is 11.5 Å². The summed E-state index contributed by atoms with van der Waals surface area (Å²) in [4.78, 5) is 0. The molecule has 1 aromatic carbocycles.